The summed E-state index contributed by atoms with van der Waals surface area (Å²) in [6.45, 7) is 1.84. The number of pyridine rings is 1. The zero-order valence-corrected chi connectivity index (χ0v) is 9.31. The zero-order chi connectivity index (χ0) is 11.0. The first kappa shape index (κ1) is 9.29. The van der Waals surface area contributed by atoms with Gasteiger partial charge in [0.1, 0.15) is 5.76 Å². The number of rotatable bonds is 1. The molecule has 0 unspecified atom stereocenters. The van der Waals surface area contributed by atoms with E-state index in [1.165, 1.54) is 11.5 Å². The van der Waals surface area contributed by atoms with Crippen molar-refractivity contribution in [3.63, 3.8) is 0 Å². The second-order valence-electron chi connectivity index (χ2n) is 3.30. The van der Waals surface area contributed by atoms with E-state index in [2.05, 4.69) is 14.5 Å². The van der Waals surface area contributed by atoms with Crippen molar-refractivity contribution in [2.45, 2.75) is 6.92 Å². The first-order valence-corrected chi connectivity index (χ1v) is 5.51. The van der Waals surface area contributed by atoms with E-state index in [4.69, 9.17) is 4.52 Å². The number of nitrogens with zero attached hydrogens (tertiary/aromatic N) is 4. The van der Waals surface area contributed by atoms with E-state index < -0.39 is 0 Å². The van der Waals surface area contributed by atoms with Crippen LogP contribution < -0.4 is 4.80 Å². The van der Waals surface area contributed by atoms with E-state index in [1.54, 1.807) is 6.07 Å². The van der Waals surface area contributed by atoms with Crippen LogP contribution in [0.2, 0.25) is 0 Å². The van der Waals surface area contributed by atoms with Crippen molar-refractivity contribution in [3.8, 4) is 0 Å². The zero-order valence-electron chi connectivity index (χ0n) is 8.49. The fourth-order valence-electron chi connectivity index (χ4n) is 1.38. The molecule has 0 amide bonds. The molecule has 16 heavy (non-hydrogen) atoms. The van der Waals surface area contributed by atoms with Gasteiger partial charge in [-0.15, -0.1) is 0 Å². The number of aryl methyl sites for hydroxylation is 1. The van der Waals surface area contributed by atoms with Crippen LogP contribution in [0.4, 0.5) is 5.82 Å². The third-order valence-electron chi connectivity index (χ3n) is 2.09. The van der Waals surface area contributed by atoms with Crippen molar-refractivity contribution in [3.05, 3.63) is 41.0 Å². The van der Waals surface area contributed by atoms with E-state index in [0.717, 1.165) is 16.2 Å². The highest BCUT2D eigenvalue weighted by molar-refractivity contribution is 7.03. The van der Waals surface area contributed by atoms with Crippen LogP contribution in [0.15, 0.2) is 40.0 Å². The lowest BCUT2D eigenvalue weighted by Gasteiger charge is -1.88. The molecule has 3 aromatic heterocycles. The summed E-state index contributed by atoms with van der Waals surface area (Å²) in [5, 5.41) is 3.82. The van der Waals surface area contributed by atoms with Crippen LogP contribution in [-0.4, -0.2) is 13.9 Å². The highest BCUT2D eigenvalue weighted by Gasteiger charge is 2.00. The predicted octanol–water partition coefficient (Wildman–Crippen LogP) is 1.92. The first-order chi connectivity index (χ1) is 7.83. The Hall–Kier alpha value is -1.95. The van der Waals surface area contributed by atoms with Crippen LogP contribution in [0.5, 0.6) is 0 Å². The van der Waals surface area contributed by atoms with E-state index in [-0.39, 0.29) is 0 Å². The molecular formula is C10H8N4OS. The fraction of sp³-hybridized carbons (Fsp3) is 0.100. The molecule has 0 aliphatic carbocycles. The van der Waals surface area contributed by atoms with E-state index in [0.29, 0.717) is 5.82 Å². The molecule has 0 fully saturated rings. The smallest absolute Gasteiger partial charge is 0.215 e. The summed E-state index contributed by atoms with van der Waals surface area (Å²) in [6.07, 6.45) is 1.92. The molecule has 0 saturated carbocycles. The van der Waals surface area contributed by atoms with Crippen molar-refractivity contribution in [1.29, 1.82) is 0 Å². The average molecular weight is 232 g/mol. The number of aromatic nitrogens is 3. The van der Waals surface area contributed by atoms with E-state index in [9.17, 15) is 0 Å². The van der Waals surface area contributed by atoms with E-state index in [1.807, 2.05) is 35.7 Å². The third kappa shape index (κ3) is 1.53. The maximum Gasteiger partial charge on any atom is 0.215 e. The van der Waals surface area contributed by atoms with Crippen LogP contribution in [0, 0.1) is 6.92 Å². The molecule has 0 aliphatic rings. The van der Waals surface area contributed by atoms with Gasteiger partial charge in [0, 0.05) is 23.8 Å². The fourth-order valence-corrected chi connectivity index (χ4v) is 2.08. The SMILES string of the molecule is Cc1cc(/N=c2\snc3ccccn23)no1. The Balaban J connectivity index is 2.22. The molecule has 3 heterocycles. The van der Waals surface area contributed by atoms with Crippen molar-refractivity contribution in [1.82, 2.24) is 13.9 Å². The van der Waals surface area contributed by atoms with E-state index >= 15 is 0 Å². The lowest BCUT2D eigenvalue weighted by molar-refractivity contribution is 0.399. The average Bonchev–Trinajstić information content (AvgIpc) is 2.87. The van der Waals surface area contributed by atoms with Gasteiger partial charge >= 0.3 is 0 Å². The quantitative estimate of drug-likeness (QED) is 0.644. The second kappa shape index (κ2) is 3.57. The Bertz CT molecular complexity index is 694. The Labute approximate surface area is 94.8 Å². The molecule has 0 saturated heterocycles. The molecule has 0 spiro atoms. The molecule has 0 atom stereocenters. The first-order valence-electron chi connectivity index (χ1n) is 4.74. The van der Waals surface area contributed by atoms with Crippen LogP contribution in [-0.2, 0) is 0 Å². The van der Waals surface area contributed by atoms with Gasteiger partial charge in [0.15, 0.2) is 11.5 Å². The molecule has 0 radical (unpaired) electrons. The molecular weight excluding hydrogens is 224 g/mol. The standard InChI is InChI=1S/C10H8N4OS/c1-7-6-8(12-15-7)11-10-14-5-3-2-4-9(14)13-16-10/h2-6H,1H3/b11-10-. The Kier molecular flexibility index (Phi) is 2.07. The summed E-state index contributed by atoms with van der Waals surface area (Å²) < 4.78 is 11.1. The van der Waals surface area contributed by atoms with Gasteiger partial charge in [-0.05, 0) is 19.1 Å². The van der Waals surface area contributed by atoms with Gasteiger partial charge in [-0.1, -0.05) is 11.2 Å². The summed E-state index contributed by atoms with van der Waals surface area (Å²) in [5.41, 5.74) is 0.881. The molecule has 0 aliphatic heterocycles. The normalized spacial score (nSPS) is 12.4. The lowest BCUT2D eigenvalue weighted by Crippen LogP contribution is -2.04. The van der Waals surface area contributed by atoms with Crippen molar-refractivity contribution in [2.75, 3.05) is 0 Å². The van der Waals surface area contributed by atoms with Crippen molar-refractivity contribution >= 4 is 23.0 Å². The van der Waals surface area contributed by atoms with Crippen LogP contribution in [0.1, 0.15) is 5.76 Å². The summed E-state index contributed by atoms with van der Waals surface area (Å²) in [7, 11) is 0. The van der Waals surface area contributed by atoms with Crippen LogP contribution in [0.25, 0.3) is 5.65 Å². The largest absolute Gasteiger partial charge is 0.359 e. The Morgan fingerprint density at radius 3 is 3.19 bits per heavy atom. The maximum atomic E-state index is 4.96. The molecule has 0 aromatic carbocycles. The monoisotopic (exact) mass is 232 g/mol. The van der Waals surface area contributed by atoms with Crippen molar-refractivity contribution in [2.24, 2.45) is 4.99 Å². The van der Waals surface area contributed by atoms with Gasteiger partial charge < -0.3 is 4.52 Å². The minimum Gasteiger partial charge on any atom is -0.359 e. The molecule has 0 bridgehead atoms. The van der Waals surface area contributed by atoms with Gasteiger partial charge in [0.05, 0.1) is 0 Å². The highest BCUT2D eigenvalue weighted by atomic mass is 32.1. The molecule has 5 nitrogen and oxygen atoms in total. The summed E-state index contributed by atoms with van der Waals surface area (Å²) in [6, 6.07) is 7.60. The minimum atomic E-state index is 0.569. The van der Waals surface area contributed by atoms with Gasteiger partial charge in [0.25, 0.3) is 0 Å². The molecule has 0 N–H and O–H groups in total. The second-order valence-corrected chi connectivity index (χ2v) is 4.03. The number of hydrogen-bond donors (Lipinski definition) is 0. The predicted molar refractivity (Wildman–Crippen MR) is 59.5 cm³/mol. The topological polar surface area (TPSA) is 55.7 Å². The highest BCUT2D eigenvalue weighted by Crippen LogP contribution is 2.10. The van der Waals surface area contributed by atoms with Gasteiger partial charge in [-0.2, -0.15) is 9.37 Å². The Morgan fingerprint density at radius 1 is 1.44 bits per heavy atom. The lowest BCUT2D eigenvalue weighted by atomic mass is 10.5. The third-order valence-corrected chi connectivity index (χ3v) is 2.82. The summed E-state index contributed by atoms with van der Waals surface area (Å²) >= 11 is 1.33. The van der Waals surface area contributed by atoms with Crippen LogP contribution in [0.3, 0.4) is 0 Å². The summed E-state index contributed by atoms with van der Waals surface area (Å²) in [5.74, 6) is 1.32. The molecule has 6 heteroatoms. The van der Waals surface area contributed by atoms with Crippen molar-refractivity contribution < 1.29 is 4.52 Å². The van der Waals surface area contributed by atoms with Gasteiger partial charge in [0.2, 0.25) is 4.80 Å². The van der Waals surface area contributed by atoms with Crippen LogP contribution >= 0.6 is 11.5 Å². The summed E-state index contributed by atoms with van der Waals surface area (Å²) in [4.78, 5) is 5.15. The molecule has 80 valence electrons. The minimum absolute atomic E-state index is 0.569. The Morgan fingerprint density at radius 2 is 2.38 bits per heavy atom. The van der Waals surface area contributed by atoms with Gasteiger partial charge in [-0.25, -0.2) is 0 Å². The maximum absolute atomic E-state index is 4.96. The number of fused-ring (bicyclic) bond motifs is 1. The molecule has 3 rings (SSSR count). The molecule has 3 aromatic rings. The number of hydrogen-bond acceptors (Lipinski definition) is 5. The van der Waals surface area contributed by atoms with Gasteiger partial charge in [-0.3, -0.25) is 4.40 Å².